The number of amides is 2. The molecule has 1 aromatic rings. The lowest BCUT2D eigenvalue weighted by Gasteiger charge is -2.39. The standard InChI is InChI=1S/C22H27N3O4/c1-14-6-5-9-19(15(14)2)25-12-17(10-21(25)27)22(28)29-13-20(26)24-18-8-4-3-7-16(18)11-23/h3-4,7-8,14-15,17,19H,5-6,9-10,12-13H2,1-2H3,(H,24,26)/t14-,15-,17-,19-/m1/s1. The molecule has 0 spiro atoms. The van der Waals surface area contributed by atoms with Crippen molar-refractivity contribution in [2.75, 3.05) is 18.5 Å². The van der Waals surface area contributed by atoms with Crippen molar-refractivity contribution < 1.29 is 19.1 Å². The van der Waals surface area contributed by atoms with Gasteiger partial charge in [0.2, 0.25) is 5.91 Å². The largest absolute Gasteiger partial charge is 0.455 e. The van der Waals surface area contributed by atoms with Gasteiger partial charge in [0.15, 0.2) is 6.61 Å². The van der Waals surface area contributed by atoms with Gasteiger partial charge in [0.05, 0.1) is 17.2 Å². The molecule has 2 fully saturated rings. The van der Waals surface area contributed by atoms with Crippen molar-refractivity contribution in [2.24, 2.45) is 17.8 Å². The van der Waals surface area contributed by atoms with Gasteiger partial charge in [-0.25, -0.2) is 0 Å². The summed E-state index contributed by atoms with van der Waals surface area (Å²) in [5, 5.41) is 11.6. The number of carbonyl (C=O) groups is 3. The van der Waals surface area contributed by atoms with E-state index < -0.39 is 24.4 Å². The lowest BCUT2D eigenvalue weighted by molar-refractivity contribution is -0.151. The third-order valence-electron chi connectivity index (χ3n) is 6.22. The van der Waals surface area contributed by atoms with E-state index in [-0.39, 0.29) is 18.4 Å². The minimum atomic E-state index is -0.536. The zero-order valence-electron chi connectivity index (χ0n) is 16.9. The molecule has 1 aromatic carbocycles. The van der Waals surface area contributed by atoms with Crippen molar-refractivity contribution >= 4 is 23.5 Å². The van der Waals surface area contributed by atoms with E-state index in [0.717, 1.165) is 12.8 Å². The molecule has 1 aliphatic heterocycles. The maximum Gasteiger partial charge on any atom is 0.311 e. The van der Waals surface area contributed by atoms with E-state index in [2.05, 4.69) is 19.2 Å². The Balaban J connectivity index is 1.52. The van der Waals surface area contributed by atoms with Crippen LogP contribution in [0.3, 0.4) is 0 Å². The van der Waals surface area contributed by atoms with Crippen molar-refractivity contribution in [1.29, 1.82) is 5.26 Å². The Morgan fingerprint density at radius 1 is 1.28 bits per heavy atom. The number of rotatable bonds is 5. The van der Waals surface area contributed by atoms with Gasteiger partial charge in [-0.3, -0.25) is 14.4 Å². The number of hydrogen-bond donors (Lipinski definition) is 1. The van der Waals surface area contributed by atoms with E-state index in [1.54, 1.807) is 24.3 Å². The molecule has 1 N–H and O–H groups in total. The van der Waals surface area contributed by atoms with Crippen LogP contribution in [0.25, 0.3) is 0 Å². The summed E-state index contributed by atoms with van der Waals surface area (Å²) in [6.07, 6.45) is 3.38. The molecular formula is C22H27N3O4. The smallest absolute Gasteiger partial charge is 0.311 e. The average molecular weight is 397 g/mol. The fourth-order valence-corrected chi connectivity index (χ4v) is 4.33. The Morgan fingerprint density at radius 2 is 2.03 bits per heavy atom. The predicted molar refractivity (Wildman–Crippen MR) is 107 cm³/mol. The fraction of sp³-hybridized carbons (Fsp3) is 0.545. The van der Waals surface area contributed by atoms with Gasteiger partial charge < -0.3 is 15.0 Å². The van der Waals surface area contributed by atoms with Crippen LogP contribution in [0.4, 0.5) is 5.69 Å². The second-order valence-corrected chi connectivity index (χ2v) is 8.10. The molecule has 1 aliphatic carbocycles. The van der Waals surface area contributed by atoms with Crippen LogP contribution >= 0.6 is 0 Å². The number of esters is 1. The summed E-state index contributed by atoms with van der Waals surface area (Å²) in [7, 11) is 0. The zero-order valence-corrected chi connectivity index (χ0v) is 16.9. The van der Waals surface area contributed by atoms with Crippen molar-refractivity contribution in [3.05, 3.63) is 29.8 Å². The van der Waals surface area contributed by atoms with E-state index in [0.29, 0.717) is 29.6 Å². The SMILES string of the molecule is C[C@@H]1[C@H](C)CCC[C@H]1N1C[C@H](C(=O)OCC(=O)Nc2ccccc2C#N)CC1=O. The van der Waals surface area contributed by atoms with E-state index >= 15 is 0 Å². The van der Waals surface area contributed by atoms with Gasteiger partial charge in [-0.2, -0.15) is 5.26 Å². The van der Waals surface area contributed by atoms with Crippen LogP contribution in [-0.2, 0) is 19.1 Å². The second kappa shape index (κ2) is 9.08. The van der Waals surface area contributed by atoms with Crippen molar-refractivity contribution in [1.82, 2.24) is 4.90 Å². The number of nitrogens with zero attached hydrogens (tertiary/aromatic N) is 2. The van der Waals surface area contributed by atoms with Crippen LogP contribution in [0, 0.1) is 29.1 Å². The highest BCUT2D eigenvalue weighted by atomic mass is 16.5. The van der Waals surface area contributed by atoms with Crippen LogP contribution < -0.4 is 5.32 Å². The molecule has 4 atom stereocenters. The Labute approximate surface area is 171 Å². The molecule has 2 amide bonds. The first-order valence-electron chi connectivity index (χ1n) is 10.2. The third-order valence-corrected chi connectivity index (χ3v) is 6.22. The van der Waals surface area contributed by atoms with E-state index in [1.165, 1.54) is 6.42 Å². The number of nitrogens with one attached hydrogen (secondary N) is 1. The van der Waals surface area contributed by atoms with Crippen molar-refractivity contribution in [3.8, 4) is 6.07 Å². The van der Waals surface area contributed by atoms with Gasteiger partial charge in [0.25, 0.3) is 5.91 Å². The molecule has 7 heteroatoms. The molecule has 7 nitrogen and oxygen atoms in total. The van der Waals surface area contributed by atoms with Crippen molar-refractivity contribution in [2.45, 2.75) is 45.6 Å². The average Bonchev–Trinajstić information content (AvgIpc) is 3.10. The normalized spacial score (nSPS) is 26.7. The number of hydrogen-bond acceptors (Lipinski definition) is 5. The van der Waals surface area contributed by atoms with Crippen LogP contribution in [-0.4, -0.2) is 41.9 Å². The summed E-state index contributed by atoms with van der Waals surface area (Å²) in [4.78, 5) is 38.8. The van der Waals surface area contributed by atoms with E-state index in [9.17, 15) is 14.4 Å². The monoisotopic (exact) mass is 397 g/mol. The van der Waals surface area contributed by atoms with Crippen LogP contribution in [0.2, 0.25) is 0 Å². The summed E-state index contributed by atoms with van der Waals surface area (Å²) in [5.74, 6) is -0.615. The molecule has 0 unspecified atom stereocenters. The summed E-state index contributed by atoms with van der Waals surface area (Å²) in [5.41, 5.74) is 0.707. The third kappa shape index (κ3) is 4.76. The molecule has 1 saturated heterocycles. The summed E-state index contributed by atoms with van der Waals surface area (Å²) in [6, 6.07) is 8.77. The molecule has 154 valence electrons. The highest BCUT2D eigenvalue weighted by Crippen LogP contribution is 2.35. The molecule has 0 radical (unpaired) electrons. The fourth-order valence-electron chi connectivity index (χ4n) is 4.33. The number of para-hydroxylation sites is 1. The van der Waals surface area contributed by atoms with Gasteiger partial charge in [-0.15, -0.1) is 0 Å². The molecule has 29 heavy (non-hydrogen) atoms. The number of ether oxygens (including phenoxy) is 1. The minimum Gasteiger partial charge on any atom is -0.455 e. The molecule has 3 rings (SSSR count). The number of anilines is 1. The van der Waals surface area contributed by atoms with Gasteiger partial charge in [0.1, 0.15) is 6.07 Å². The number of benzene rings is 1. The minimum absolute atomic E-state index is 0.00898. The lowest BCUT2D eigenvalue weighted by Crippen LogP contribution is -2.45. The van der Waals surface area contributed by atoms with Gasteiger partial charge in [-0.05, 0) is 30.4 Å². The molecule has 1 saturated carbocycles. The first-order chi connectivity index (χ1) is 13.9. The predicted octanol–water partition coefficient (Wildman–Crippen LogP) is 2.71. The Morgan fingerprint density at radius 3 is 2.79 bits per heavy atom. The summed E-state index contributed by atoms with van der Waals surface area (Å²) in [6.45, 7) is 4.31. The quantitative estimate of drug-likeness (QED) is 0.770. The van der Waals surface area contributed by atoms with Crippen LogP contribution in [0.5, 0.6) is 0 Å². The highest BCUT2D eigenvalue weighted by molar-refractivity contribution is 5.94. The summed E-state index contributed by atoms with van der Waals surface area (Å²) >= 11 is 0. The topological polar surface area (TPSA) is 99.5 Å². The van der Waals surface area contributed by atoms with Crippen molar-refractivity contribution in [3.63, 3.8) is 0 Å². The van der Waals surface area contributed by atoms with Crippen LogP contribution in [0.15, 0.2) is 24.3 Å². The molecule has 0 bridgehead atoms. The number of likely N-dealkylation sites (tertiary alicyclic amines) is 1. The Hall–Kier alpha value is -2.88. The maximum absolute atomic E-state index is 12.5. The molecule has 0 aromatic heterocycles. The van der Waals surface area contributed by atoms with Crippen LogP contribution in [0.1, 0.15) is 45.1 Å². The van der Waals surface area contributed by atoms with Gasteiger partial charge >= 0.3 is 5.97 Å². The first kappa shape index (κ1) is 20.8. The Kier molecular flexibility index (Phi) is 6.53. The number of carbonyl (C=O) groups excluding carboxylic acids is 3. The summed E-state index contributed by atoms with van der Waals surface area (Å²) < 4.78 is 5.15. The molecule has 2 aliphatic rings. The first-order valence-corrected chi connectivity index (χ1v) is 10.2. The zero-order chi connectivity index (χ0) is 21.0. The molecule has 1 heterocycles. The van der Waals surface area contributed by atoms with Gasteiger partial charge in [0, 0.05) is 19.0 Å². The maximum atomic E-state index is 12.5. The van der Waals surface area contributed by atoms with Gasteiger partial charge in [-0.1, -0.05) is 38.8 Å². The Bertz CT molecular complexity index is 832. The number of nitriles is 1. The highest BCUT2D eigenvalue weighted by Gasteiger charge is 2.42. The van der Waals surface area contributed by atoms with E-state index in [1.807, 2.05) is 11.0 Å². The second-order valence-electron chi connectivity index (χ2n) is 8.10. The van der Waals surface area contributed by atoms with E-state index in [4.69, 9.17) is 10.00 Å². The lowest BCUT2D eigenvalue weighted by atomic mass is 9.77. The molecular weight excluding hydrogens is 370 g/mol.